The Morgan fingerprint density at radius 3 is 3.09 bits per heavy atom. The molecular weight excluding hydrogens is 297 g/mol. The molecule has 6 heteroatoms. The molecule has 118 valence electrons. The summed E-state index contributed by atoms with van der Waals surface area (Å²) >= 11 is 0. The molecule has 0 bridgehead atoms. The fourth-order valence-electron chi connectivity index (χ4n) is 3.22. The first-order chi connectivity index (χ1) is 11.2. The van der Waals surface area contributed by atoms with Crippen molar-refractivity contribution in [1.29, 1.82) is 0 Å². The standard InChI is InChI=1S/C17H16FN3O2/c18-12-5-6-15-14(9-12)19-11-21(15)13-3-1-7-20(10-13)17(22)16-4-2-8-23-16/h2,4-6,8-9,11,13H,1,3,7,10H2/t13-/m1/s1. The van der Waals surface area contributed by atoms with E-state index in [1.807, 2.05) is 9.47 Å². The van der Waals surface area contributed by atoms with Gasteiger partial charge in [-0.25, -0.2) is 9.37 Å². The fourth-order valence-corrected chi connectivity index (χ4v) is 3.22. The lowest BCUT2D eigenvalue weighted by Gasteiger charge is -2.33. The van der Waals surface area contributed by atoms with Crippen molar-refractivity contribution in [3.05, 3.63) is 54.5 Å². The van der Waals surface area contributed by atoms with Crippen LogP contribution in [0.3, 0.4) is 0 Å². The van der Waals surface area contributed by atoms with Gasteiger partial charge in [-0.15, -0.1) is 0 Å². The second-order valence-electron chi connectivity index (χ2n) is 5.81. The van der Waals surface area contributed by atoms with Gasteiger partial charge in [-0.3, -0.25) is 4.79 Å². The number of imidazole rings is 1. The Kier molecular flexibility index (Phi) is 3.37. The second kappa shape index (κ2) is 5.53. The molecule has 3 heterocycles. The smallest absolute Gasteiger partial charge is 0.289 e. The quantitative estimate of drug-likeness (QED) is 0.730. The molecule has 0 spiro atoms. The minimum Gasteiger partial charge on any atom is -0.459 e. The van der Waals surface area contributed by atoms with Crippen LogP contribution in [0.4, 0.5) is 4.39 Å². The Morgan fingerprint density at radius 1 is 1.35 bits per heavy atom. The highest BCUT2D eigenvalue weighted by molar-refractivity contribution is 5.91. The van der Waals surface area contributed by atoms with E-state index in [1.165, 1.54) is 18.4 Å². The third-order valence-electron chi connectivity index (χ3n) is 4.35. The molecule has 1 fully saturated rings. The molecule has 0 saturated carbocycles. The van der Waals surface area contributed by atoms with Crippen LogP contribution in [0.25, 0.3) is 11.0 Å². The zero-order valence-electron chi connectivity index (χ0n) is 12.5. The van der Waals surface area contributed by atoms with Crippen LogP contribution in [0.2, 0.25) is 0 Å². The van der Waals surface area contributed by atoms with Crippen molar-refractivity contribution in [3.63, 3.8) is 0 Å². The van der Waals surface area contributed by atoms with E-state index in [1.54, 1.807) is 24.5 Å². The summed E-state index contributed by atoms with van der Waals surface area (Å²) in [5.41, 5.74) is 1.53. The second-order valence-corrected chi connectivity index (χ2v) is 5.81. The van der Waals surface area contributed by atoms with E-state index in [0.717, 1.165) is 24.9 Å². The number of fused-ring (bicyclic) bond motifs is 1. The van der Waals surface area contributed by atoms with Crippen molar-refractivity contribution in [2.75, 3.05) is 13.1 Å². The molecule has 4 rings (SSSR count). The van der Waals surface area contributed by atoms with E-state index in [4.69, 9.17) is 4.42 Å². The lowest BCUT2D eigenvalue weighted by molar-refractivity contribution is 0.0649. The van der Waals surface area contributed by atoms with Crippen molar-refractivity contribution < 1.29 is 13.6 Å². The highest BCUT2D eigenvalue weighted by Crippen LogP contribution is 2.27. The number of nitrogens with zero attached hydrogens (tertiary/aromatic N) is 3. The van der Waals surface area contributed by atoms with Crippen molar-refractivity contribution in [2.45, 2.75) is 18.9 Å². The number of likely N-dealkylation sites (tertiary alicyclic amines) is 1. The number of hydrogen-bond donors (Lipinski definition) is 0. The summed E-state index contributed by atoms with van der Waals surface area (Å²) in [4.78, 5) is 18.5. The van der Waals surface area contributed by atoms with Crippen molar-refractivity contribution in [3.8, 4) is 0 Å². The van der Waals surface area contributed by atoms with E-state index >= 15 is 0 Å². The third-order valence-corrected chi connectivity index (χ3v) is 4.35. The molecule has 5 nitrogen and oxygen atoms in total. The Hall–Kier alpha value is -2.63. The van der Waals surface area contributed by atoms with Gasteiger partial charge >= 0.3 is 0 Å². The van der Waals surface area contributed by atoms with Crippen LogP contribution in [0, 0.1) is 5.82 Å². The zero-order chi connectivity index (χ0) is 15.8. The van der Waals surface area contributed by atoms with Crippen LogP contribution in [0.1, 0.15) is 29.4 Å². The molecule has 0 N–H and O–H groups in total. The molecule has 23 heavy (non-hydrogen) atoms. The van der Waals surface area contributed by atoms with Crippen molar-refractivity contribution >= 4 is 16.9 Å². The highest BCUT2D eigenvalue weighted by Gasteiger charge is 2.27. The van der Waals surface area contributed by atoms with Crippen LogP contribution in [-0.2, 0) is 0 Å². The number of halogens is 1. The van der Waals surface area contributed by atoms with Gasteiger partial charge in [0.05, 0.1) is 29.7 Å². The largest absolute Gasteiger partial charge is 0.459 e. The maximum atomic E-state index is 13.3. The molecule has 0 unspecified atom stereocenters. The van der Waals surface area contributed by atoms with Crippen molar-refractivity contribution in [1.82, 2.24) is 14.5 Å². The monoisotopic (exact) mass is 313 g/mol. The number of piperidine rings is 1. The van der Waals surface area contributed by atoms with Gasteiger partial charge in [0.25, 0.3) is 5.91 Å². The summed E-state index contributed by atoms with van der Waals surface area (Å²) in [7, 11) is 0. The Morgan fingerprint density at radius 2 is 2.26 bits per heavy atom. The molecule has 1 atom stereocenters. The number of hydrogen-bond acceptors (Lipinski definition) is 3. The average Bonchev–Trinajstić information content (AvgIpc) is 3.23. The highest BCUT2D eigenvalue weighted by atomic mass is 19.1. The van der Waals surface area contributed by atoms with Gasteiger partial charge in [-0.1, -0.05) is 0 Å². The number of furan rings is 1. The Labute approximate surface area is 132 Å². The number of benzene rings is 1. The van der Waals surface area contributed by atoms with Gasteiger partial charge < -0.3 is 13.9 Å². The minimum atomic E-state index is -0.291. The summed E-state index contributed by atoms with van der Waals surface area (Å²) < 4.78 is 20.5. The fraction of sp³-hybridized carbons (Fsp3) is 0.294. The average molecular weight is 313 g/mol. The lowest BCUT2D eigenvalue weighted by Crippen LogP contribution is -2.40. The molecule has 1 aliphatic rings. The summed E-state index contributed by atoms with van der Waals surface area (Å²) in [6.45, 7) is 1.32. The van der Waals surface area contributed by atoms with E-state index in [9.17, 15) is 9.18 Å². The first-order valence-corrected chi connectivity index (χ1v) is 7.67. The molecule has 0 aliphatic carbocycles. The summed E-state index contributed by atoms with van der Waals surface area (Å²) in [5.74, 6) is -0.0145. The molecule has 2 aromatic heterocycles. The van der Waals surface area contributed by atoms with E-state index < -0.39 is 0 Å². The van der Waals surface area contributed by atoms with Gasteiger partial charge in [0.1, 0.15) is 5.82 Å². The maximum absolute atomic E-state index is 13.3. The first-order valence-electron chi connectivity index (χ1n) is 7.67. The lowest BCUT2D eigenvalue weighted by atomic mass is 10.0. The molecule has 1 saturated heterocycles. The SMILES string of the molecule is O=C(c1ccco1)N1CCC[C@@H](n2cnc3cc(F)ccc32)C1. The molecule has 0 radical (unpaired) electrons. The number of aromatic nitrogens is 2. The van der Waals surface area contributed by atoms with Crippen LogP contribution in [-0.4, -0.2) is 33.4 Å². The zero-order valence-corrected chi connectivity index (χ0v) is 12.5. The number of carbonyl (C=O) groups is 1. The molecule has 1 amide bonds. The Bertz CT molecular complexity index is 841. The summed E-state index contributed by atoms with van der Waals surface area (Å²) in [5, 5.41) is 0. The summed E-state index contributed by atoms with van der Waals surface area (Å²) in [6.07, 6.45) is 5.12. The Balaban J connectivity index is 1.60. The van der Waals surface area contributed by atoms with Gasteiger partial charge in [-0.05, 0) is 37.1 Å². The van der Waals surface area contributed by atoms with Crippen LogP contribution in [0.15, 0.2) is 47.3 Å². The van der Waals surface area contributed by atoms with Crippen molar-refractivity contribution in [2.24, 2.45) is 0 Å². The number of carbonyl (C=O) groups excluding carboxylic acids is 1. The normalized spacial score (nSPS) is 18.5. The van der Waals surface area contributed by atoms with E-state index in [-0.39, 0.29) is 17.8 Å². The van der Waals surface area contributed by atoms with E-state index in [2.05, 4.69) is 4.98 Å². The molecule has 1 aromatic carbocycles. The summed E-state index contributed by atoms with van der Waals surface area (Å²) in [6, 6.07) is 8.15. The topological polar surface area (TPSA) is 51.3 Å². The number of rotatable bonds is 2. The maximum Gasteiger partial charge on any atom is 0.289 e. The first kappa shape index (κ1) is 14.0. The molecule has 1 aliphatic heterocycles. The predicted molar refractivity (Wildman–Crippen MR) is 82.6 cm³/mol. The van der Waals surface area contributed by atoms with Crippen LogP contribution >= 0.6 is 0 Å². The van der Waals surface area contributed by atoms with Gasteiger partial charge in [-0.2, -0.15) is 0 Å². The van der Waals surface area contributed by atoms with Gasteiger partial charge in [0.15, 0.2) is 5.76 Å². The predicted octanol–water partition coefficient (Wildman–Crippen LogP) is 3.25. The molecule has 3 aromatic rings. The minimum absolute atomic E-state index is 0.0878. The molecular formula is C17H16FN3O2. The van der Waals surface area contributed by atoms with Crippen LogP contribution < -0.4 is 0 Å². The number of amides is 1. The van der Waals surface area contributed by atoms with E-state index in [0.29, 0.717) is 17.8 Å². The van der Waals surface area contributed by atoms with Crippen LogP contribution in [0.5, 0.6) is 0 Å². The van der Waals surface area contributed by atoms with Gasteiger partial charge in [0, 0.05) is 19.2 Å². The third kappa shape index (κ3) is 2.50. The van der Waals surface area contributed by atoms with Gasteiger partial charge in [0.2, 0.25) is 0 Å².